The lowest BCUT2D eigenvalue weighted by atomic mass is 10.1. The zero-order valence-electron chi connectivity index (χ0n) is 10.4. The second-order valence-corrected chi connectivity index (χ2v) is 3.95. The second-order valence-electron chi connectivity index (χ2n) is 3.95. The maximum Gasteiger partial charge on any atom is 0.0725 e. The zero-order chi connectivity index (χ0) is 12.1. The lowest BCUT2D eigenvalue weighted by Gasteiger charge is -2.10. The Kier molecular flexibility index (Phi) is 3.94. The first-order valence-corrected chi connectivity index (χ1v) is 5.99. The van der Waals surface area contributed by atoms with Crippen LogP contribution in [-0.2, 0) is 4.74 Å². The van der Waals surface area contributed by atoms with Crippen LogP contribution in [0.1, 0.15) is 12.6 Å². The Morgan fingerprint density at radius 3 is 2.94 bits per heavy atom. The van der Waals surface area contributed by atoms with Gasteiger partial charge in [-0.3, -0.25) is 4.98 Å². The highest BCUT2D eigenvalue weighted by atomic mass is 16.5. The van der Waals surface area contributed by atoms with Gasteiger partial charge in [-0.2, -0.15) is 0 Å². The minimum atomic E-state index is 0.728. The molecule has 2 rings (SSSR count). The van der Waals surface area contributed by atoms with Gasteiger partial charge in [0, 0.05) is 29.9 Å². The highest BCUT2D eigenvalue weighted by Crippen LogP contribution is 2.22. The molecule has 0 aliphatic heterocycles. The lowest BCUT2D eigenvalue weighted by Crippen LogP contribution is -2.09. The standard InChI is InChI=1S/C14H18N2O/c1-3-17-9-8-15-14-10-11(2)16-13-7-5-4-6-12(13)14/h4-7,10H,3,8-9H2,1-2H3,(H,15,16). The smallest absolute Gasteiger partial charge is 0.0725 e. The largest absolute Gasteiger partial charge is 0.382 e. The fraction of sp³-hybridized carbons (Fsp3) is 0.357. The molecule has 0 saturated carbocycles. The molecular formula is C14H18N2O. The van der Waals surface area contributed by atoms with Crippen molar-refractivity contribution < 1.29 is 4.74 Å². The molecule has 0 bridgehead atoms. The monoisotopic (exact) mass is 230 g/mol. The van der Waals surface area contributed by atoms with Crippen LogP contribution in [0.5, 0.6) is 0 Å². The number of para-hydroxylation sites is 1. The highest BCUT2D eigenvalue weighted by molar-refractivity contribution is 5.91. The van der Waals surface area contributed by atoms with Gasteiger partial charge in [0.1, 0.15) is 0 Å². The number of aromatic nitrogens is 1. The predicted molar refractivity (Wildman–Crippen MR) is 71.5 cm³/mol. The predicted octanol–water partition coefficient (Wildman–Crippen LogP) is 2.99. The summed E-state index contributed by atoms with van der Waals surface area (Å²) in [6, 6.07) is 10.3. The Labute approximate surface area is 102 Å². The van der Waals surface area contributed by atoms with Crippen LogP contribution in [0.25, 0.3) is 10.9 Å². The summed E-state index contributed by atoms with van der Waals surface area (Å²) in [4.78, 5) is 4.51. The third-order valence-electron chi connectivity index (χ3n) is 2.61. The average Bonchev–Trinajstić information content (AvgIpc) is 2.34. The van der Waals surface area contributed by atoms with Gasteiger partial charge in [-0.25, -0.2) is 0 Å². The molecule has 3 heteroatoms. The van der Waals surface area contributed by atoms with Gasteiger partial charge in [0.25, 0.3) is 0 Å². The summed E-state index contributed by atoms with van der Waals surface area (Å²) in [6.45, 7) is 6.33. The third-order valence-corrected chi connectivity index (χ3v) is 2.61. The highest BCUT2D eigenvalue weighted by Gasteiger charge is 2.02. The van der Waals surface area contributed by atoms with Crippen LogP contribution in [0, 0.1) is 6.92 Å². The molecule has 1 N–H and O–H groups in total. The Morgan fingerprint density at radius 1 is 1.29 bits per heavy atom. The molecule has 3 nitrogen and oxygen atoms in total. The number of benzene rings is 1. The number of aryl methyl sites for hydroxylation is 1. The normalized spacial score (nSPS) is 10.7. The number of nitrogens with zero attached hydrogens (tertiary/aromatic N) is 1. The van der Waals surface area contributed by atoms with Crippen LogP contribution in [0.4, 0.5) is 5.69 Å². The maximum absolute atomic E-state index is 5.32. The summed E-state index contributed by atoms with van der Waals surface area (Å²) < 4.78 is 5.32. The van der Waals surface area contributed by atoms with Crippen LogP contribution in [-0.4, -0.2) is 24.7 Å². The average molecular weight is 230 g/mol. The fourth-order valence-electron chi connectivity index (χ4n) is 1.86. The number of hydrogen-bond acceptors (Lipinski definition) is 3. The Morgan fingerprint density at radius 2 is 2.12 bits per heavy atom. The number of ether oxygens (including phenoxy) is 1. The first-order chi connectivity index (χ1) is 8.31. The molecule has 0 radical (unpaired) electrons. The molecule has 0 fully saturated rings. The number of nitrogens with one attached hydrogen (secondary N) is 1. The van der Waals surface area contributed by atoms with Crippen molar-refractivity contribution in [2.24, 2.45) is 0 Å². The van der Waals surface area contributed by atoms with E-state index in [1.165, 1.54) is 0 Å². The lowest BCUT2D eigenvalue weighted by molar-refractivity contribution is 0.158. The van der Waals surface area contributed by atoms with E-state index in [0.717, 1.165) is 42.0 Å². The summed E-state index contributed by atoms with van der Waals surface area (Å²) in [5.41, 5.74) is 3.20. The third kappa shape index (κ3) is 2.94. The SMILES string of the molecule is CCOCCNc1cc(C)nc2ccccc12. The van der Waals surface area contributed by atoms with Crippen molar-refractivity contribution in [1.82, 2.24) is 4.98 Å². The Balaban J connectivity index is 2.20. The van der Waals surface area contributed by atoms with Crippen LogP contribution < -0.4 is 5.32 Å². The summed E-state index contributed by atoms with van der Waals surface area (Å²) in [5.74, 6) is 0. The fourth-order valence-corrected chi connectivity index (χ4v) is 1.86. The van der Waals surface area contributed by atoms with E-state index in [0.29, 0.717) is 0 Å². The number of pyridine rings is 1. The quantitative estimate of drug-likeness (QED) is 0.802. The molecule has 0 saturated heterocycles. The minimum Gasteiger partial charge on any atom is -0.382 e. The molecule has 2 aromatic rings. The molecule has 1 aromatic heterocycles. The van der Waals surface area contributed by atoms with E-state index < -0.39 is 0 Å². The molecular weight excluding hydrogens is 212 g/mol. The van der Waals surface area contributed by atoms with Gasteiger partial charge < -0.3 is 10.1 Å². The van der Waals surface area contributed by atoms with E-state index in [1.807, 2.05) is 32.0 Å². The van der Waals surface area contributed by atoms with Crippen LogP contribution >= 0.6 is 0 Å². The molecule has 1 heterocycles. The van der Waals surface area contributed by atoms with Crippen molar-refractivity contribution >= 4 is 16.6 Å². The minimum absolute atomic E-state index is 0.728. The summed E-state index contributed by atoms with van der Waals surface area (Å²) in [5, 5.41) is 4.56. The number of anilines is 1. The van der Waals surface area contributed by atoms with E-state index in [-0.39, 0.29) is 0 Å². The molecule has 0 spiro atoms. The van der Waals surface area contributed by atoms with Gasteiger partial charge in [-0.05, 0) is 26.0 Å². The van der Waals surface area contributed by atoms with E-state index in [9.17, 15) is 0 Å². The Bertz CT molecular complexity index is 497. The maximum atomic E-state index is 5.32. The van der Waals surface area contributed by atoms with Crippen LogP contribution in [0.2, 0.25) is 0 Å². The van der Waals surface area contributed by atoms with E-state index >= 15 is 0 Å². The van der Waals surface area contributed by atoms with Crippen molar-refractivity contribution in [3.8, 4) is 0 Å². The summed E-state index contributed by atoms with van der Waals surface area (Å²) >= 11 is 0. The van der Waals surface area contributed by atoms with Gasteiger partial charge in [0.2, 0.25) is 0 Å². The molecule has 17 heavy (non-hydrogen) atoms. The molecule has 0 amide bonds. The first-order valence-electron chi connectivity index (χ1n) is 5.99. The number of rotatable bonds is 5. The molecule has 0 aliphatic carbocycles. The van der Waals surface area contributed by atoms with Crippen molar-refractivity contribution in [1.29, 1.82) is 0 Å². The molecule has 0 unspecified atom stereocenters. The Hall–Kier alpha value is -1.61. The van der Waals surface area contributed by atoms with Crippen LogP contribution in [0.15, 0.2) is 30.3 Å². The van der Waals surface area contributed by atoms with Gasteiger partial charge >= 0.3 is 0 Å². The van der Waals surface area contributed by atoms with Crippen molar-refractivity contribution in [2.45, 2.75) is 13.8 Å². The van der Waals surface area contributed by atoms with E-state index in [1.54, 1.807) is 0 Å². The topological polar surface area (TPSA) is 34.1 Å². The van der Waals surface area contributed by atoms with Gasteiger partial charge in [0.05, 0.1) is 12.1 Å². The summed E-state index contributed by atoms with van der Waals surface area (Å²) in [6.07, 6.45) is 0. The number of fused-ring (bicyclic) bond motifs is 1. The van der Waals surface area contributed by atoms with Gasteiger partial charge in [0.15, 0.2) is 0 Å². The first kappa shape index (κ1) is 11.9. The summed E-state index contributed by atoms with van der Waals surface area (Å²) in [7, 11) is 0. The number of hydrogen-bond donors (Lipinski definition) is 1. The van der Waals surface area contributed by atoms with Crippen LogP contribution in [0.3, 0.4) is 0 Å². The van der Waals surface area contributed by atoms with E-state index in [4.69, 9.17) is 4.74 Å². The van der Waals surface area contributed by atoms with E-state index in [2.05, 4.69) is 22.4 Å². The van der Waals surface area contributed by atoms with Gasteiger partial charge in [-0.15, -0.1) is 0 Å². The van der Waals surface area contributed by atoms with Crippen molar-refractivity contribution in [3.63, 3.8) is 0 Å². The zero-order valence-corrected chi connectivity index (χ0v) is 10.4. The molecule has 0 aliphatic rings. The van der Waals surface area contributed by atoms with Crippen molar-refractivity contribution in [3.05, 3.63) is 36.0 Å². The van der Waals surface area contributed by atoms with Crippen molar-refractivity contribution in [2.75, 3.05) is 25.1 Å². The van der Waals surface area contributed by atoms with Gasteiger partial charge in [-0.1, -0.05) is 18.2 Å². The molecule has 90 valence electrons. The molecule has 0 atom stereocenters. The second kappa shape index (κ2) is 5.64. The molecule has 1 aromatic carbocycles.